The van der Waals surface area contributed by atoms with Gasteiger partial charge in [-0.3, -0.25) is 4.79 Å². The minimum absolute atomic E-state index is 0.0436. The molecule has 2 aromatic rings. The van der Waals surface area contributed by atoms with Gasteiger partial charge in [0.1, 0.15) is 9.96 Å². The van der Waals surface area contributed by atoms with Crippen LogP contribution in [0.25, 0.3) is 0 Å². The molecule has 6 nitrogen and oxygen atoms in total. The summed E-state index contributed by atoms with van der Waals surface area (Å²) in [5.74, 6) is -0.702. The fraction of sp³-hybridized carbons (Fsp3) is 0.267. The second kappa shape index (κ2) is 7.64. The summed E-state index contributed by atoms with van der Waals surface area (Å²) >= 11 is 0.736. The highest BCUT2D eigenvalue weighted by molar-refractivity contribution is 7.91. The van der Waals surface area contributed by atoms with E-state index in [0.717, 1.165) is 35.6 Å². The summed E-state index contributed by atoms with van der Waals surface area (Å²) in [4.78, 5) is 12.3. The summed E-state index contributed by atoms with van der Waals surface area (Å²) in [6, 6.07) is 3.78. The van der Waals surface area contributed by atoms with Crippen molar-refractivity contribution >= 4 is 33.0 Å². The van der Waals surface area contributed by atoms with Crippen LogP contribution in [0.5, 0.6) is 5.75 Å². The molecular weight excluding hydrogens is 393 g/mol. The number of halogens is 3. The zero-order valence-corrected chi connectivity index (χ0v) is 15.1. The fourth-order valence-corrected chi connectivity index (χ4v) is 3.51. The Morgan fingerprint density at radius 1 is 1.31 bits per heavy atom. The fourth-order valence-electron chi connectivity index (χ4n) is 1.92. The Hall–Kier alpha value is -2.11. The molecule has 0 aliphatic carbocycles. The molecule has 0 saturated heterocycles. The summed E-state index contributed by atoms with van der Waals surface area (Å²) in [7, 11) is -3.97. The van der Waals surface area contributed by atoms with Crippen molar-refractivity contribution in [3.8, 4) is 5.75 Å². The van der Waals surface area contributed by atoms with Crippen LogP contribution in [0.3, 0.4) is 0 Å². The largest absolute Gasteiger partial charge is 0.491 e. The first-order valence-corrected chi connectivity index (χ1v) is 9.71. The van der Waals surface area contributed by atoms with E-state index in [1.165, 1.54) is 5.38 Å². The van der Waals surface area contributed by atoms with E-state index in [-0.39, 0.29) is 27.8 Å². The Labute approximate surface area is 151 Å². The van der Waals surface area contributed by atoms with E-state index >= 15 is 0 Å². The van der Waals surface area contributed by atoms with Gasteiger partial charge in [-0.05, 0) is 30.7 Å². The van der Waals surface area contributed by atoms with Crippen molar-refractivity contribution < 1.29 is 31.1 Å². The van der Waals surface area contributed by atoms with Gasteiger partial charge >= 0.3 is 6.18 Å². The van der Waals surface area contributed by atoms with Gasteiger partial charge in [-0.1, -0.05) is 6.92 Å². The predicted octanol–water partition coefficient (Wildman–Crippen LogP) is 3.46. The van der Waals surface area contributed by atoms with Crippen LogP contribution in [0.2, 0.25) is 0 Å². The number of hydrogen-bond acceptors (Lipinski definition) is 5. The van der Waals surface area contributed by atoms with Gasteiger partial charge in [0, 0.05) is 5.38 Å². The van der Waals surface area contributed by atoms with E-state index in [4.69, 9.17) is 9.88 Å². The Morgan fingerprint density at radius 3 is 2.54 bits per heavy atom. The highest BCUT2D eigenvalue weighted by Crippen LogP contribution is 2.35. The third-order valence-electron chi connectivity index (χ3n) is 3.13. The van der Waals surface area contributed by atoms with Gasteiger partial charge in [0.05, 0.1) is 23.4 Å². The molecule has 3 N–H and O–H groups in total. The number of rotatable bonds is 6. The zero-order valence-electron chi connectivity index (χ0n) is 13.5. The maximum absolute atomic E-state index is 12.9. The molecule has 2 rings (SSSR count). The highest BCUT2D eigenvalue weighted by Gasteiger charge is 2.31. The van der Waals surface area contributed by atoms with E-state index < -0.39 is 27.7 Å². The maximum atomic E-state index is 12.9. The third kappa shape index (κ3) is 4.96. The summed E-state index contributed by atoms with van der Waals surface area (Å²) < 4.78 is 66.4. The van der Waals surface area contributed by atoms with Crippen LogP contribution in [0, 0.1) is 0 Å². The first-order chi connectivity index (χ1) is 12.0. The number of thiophene rings is 1. The molecule has 0 bridgehead atoms. The quantitative estimate of drug-likeness (QED) is 0.765. The van der Waals surface area contributed by atoms with Gasteiger partial charge in [0.2, 0.25) is 10.0 Å². The summed E-state index contributed by atoms with van der Waals surface area (Å²) in [5, 5.41) is 8.54. The first-order valence-electron chi connectivity index (χ1n) is 7.29. The normalized spacial score (nSPS) is 12.0. The van der Waals surface area contributed by atoms with Crippen LogP contribution in [0.15, 0.2) is 33.9 Å². The van der Waals surface area contributed by atoms with Crippen molar-refractivity contribution in [2.45, 2.75) is 23.7 Å². The van der Waals surface area contributed by atoms with E-state index in [1.54, 1.807) is 0 Å². The number of ether oxygens (including phenoxy) is 1. The van der Waals surface area contributed by atoms with Crippen LogP contribution < -0.4 is 15.2 Å². The van der Waals surface area contributed by atoms with E-state index in [1.807, 2.05) is 6.92 Å². The Kier molecular flexibility index (Phi) is 5.94. The number of carbonyl (C=O) groups is 1. The molecule has 1 aromatic heterocycles. The van der Waals surface area contributed by atoms with Crippen LogP contribution in [0.1, 0.15) is 29.3 Å². The number of alkyl halides is 3. The molecule has 0 aliphatic rings. The van der Waals surface area contributed by atoms with Crippen molar-refractivity contribution in [2.24, 2.45) is 5.14 Å². The minimum atomic E-state index is -4.59. The molecule has 0 spiro atoms. The van der Waals surface area contributed by atoms with Crippen molar-refractivity contribution in [3.63, 3.8) is 0 Å². The van der Waals surface area contributed by atoms with Crippen LogP contribution in [0.4, 0.5) is 18.9 Å². The second-order valence-electron chi connectivity index (χ2n) is 5.21. The van der Waals surface area contributed by atoms with Gasteiger partial charge in [0.15, 0.2) is 0 Å². The highest BCUT2D eigenvalue weighted by atomic mass is 32.2. The number of amides is 1. The molecular formula is C15H15F3N2O4S2. The van der Waals surface area contributed by atoms with Gasteiger partial charge in [-0.2, -0.15) is 13.2 Å². The smallest absolute Gasteiger partial charge is 0.416 e. The van der Waals surface area contributed by atoms with Crippen LogP contribution >= 0.6 is 11.3 Å². The zero-order chi connectivity index (χ0) is 19.5. The van der Waals surface area contributed by atoms with Crippen molar-refractivity contribution in [3.05, 3.63) is 40.8 Å². The number of primary sulfonamides is 1. The minimum Gasteiger partial charge on any atom is -0.491 e. The predicted molar refractivity (Wildman–Crippen MR) is 90.9 cm³/mol. The summed E-state index contributed by atoms with van der Waals surface area (Å²) in [5.41, 5.74) is -1.16. The number of nitrogens with one attached hydrogen (secondary N) is 1. The monoisotopic (exact) mass is 408 g/mol. The molecule has 1 aromatic carbocycles. The lowest BCUT2D eigenvalue weighted by Gasteiger charge is -2.15. The number of anilines is 1. The van der Waals surface area contributed by atoms with E-state index in [9.17, 15) is 26.4 Å². The number of benzene rings is 1. The average Bonchev–Trinajstić information content (AvgIpc) is 3.03. The van der Waals surface area contributed by atoms with Crippen LogP contribution in [-0.2, 0) is 16.2 Å². The van der Waals surface area contributed by atoms with E-state index in [2.05, 4.69) is 5.32 Å². The lowest BCUT2D eigenvalue weighted by atomic mass is 10.1. The molecule has 142 valence electrons. The molecule has 1 amide bonds. The number of nitrogens with two attached hydrogens (primary N) is 1. The number of hydrogen-bond donors (Lipinski definition) is 2. The standard InChI is InChI=1S/C15H15F3N2O4S2/c1-2-5-24-12-4-3-10(15(16,17)18)7-11(12)20-14(21)9-6-13(25-8-9)26(19,22)23/h3-4,6-8H,2,5H2,1H3,(H,20,21)(H2,19,22,23). The Morgan fingerprint density at radius 2 is 2.00 bits per heavy atom. The Balaban J connectivity index is 2.33. The Bertz CT molecular complexity index is 908. The van der Waals surface area contributed by atoms with Crippen molar-refractivity contribution in [2.75, 3.05) is 11.9 Å². The molecule has 1 heterocycles. The lowest BCUT2D eigenvalue weighted by Crippen LogP contribution is -2.14. The lowest BCUT2D eigenvalue weighted by molar-refractivity contribution is -0.137. The molecule has 11 heteroatoms. The van der Waals surface area contributed by atoms with Gasteiger partial charge in [0.25, 0.3) is 5.91 Å². The second-order valence-corrected chi connectivity index (χ2v) is 7.91. The van der Waals surface area contributed by atoms with Crippen LogP contribution in [-0.4, -0.2) is 20.9 Å². The number of carbonyl (C=O) groups excluding carboxylic acids is 1. The molecule has 0 atom stereocenters. The van der Waals surface area contributed by atoms with E-state index in [0.29, 0.717) is 6.42 Å². The topological polar surface area (TPSA) is 98.5 Å². The van der Waals surface area contributed by atoms with Crippen molar-refractivity contribution in [1.82, 2.24) is 0 Å². The molecule has 0 radical (unpaired) electrons. The molecule has 0 unspecified atom stereocenters. The average molecular weight is 408 g/mol. The van der Waals surface area contributed by atoms with Crippen molar-refractivity contribution in [1.29, 1.82) is 0 Å². The maximum Gasteiger partial charge on any atom is 0.416 e. The molecule has 0 saturated carbocycles. The molecule has 0 aliphatic heterocycles. The SMILES string of the molecule is CCCOc1ccc(C(F)(F)F)cc1NC(=O)c1csc(S(N)(=O)=O)c1. The molecule has 26 heavy (non-hydrogen) atoms. The van der Waals surface area contributed by atoms with Gasteiger partial charge in [-0.15, -0.1) is 11.3 Å². The third-order valence-corrected chi connectivity index (χ3v) is 5.52. The summed E-state index contributed by atoms with van der Waals surface area (Å²) in [6.45, 7) is 2.07. The first kappa shape index (κ1) is 20.2. The van der Waals surface area contributed by atoms with Gasteiger partial charge in [-0.25, -0.2) is 13.6 Å². The molecule has 0 fully saturated rings. The van der Waals surface area contributed by atoms with Gasteiger partial charge < -0.3 is 10.1 Å². The summed E-state index contributed by atoms with van der Waals surface area (Å²) in [6.07, 6.45) is -3.97. The number of sulfonamides is 1.